The van der Waals surface area contributed by atoms with Crippen molar-refractivity contribution in [2.75, 3.05) is 20.4 Å². The van der Waals surface area contributed by atoms with E-state index in [9.17, 15) is 19.0 Å². The van der Waals surface area contributed by atoms with Crippen molar-refractivity contribution in [3.63, 3.8) is 0 Å². The largest absolute Gasteiger partial charge is 0.504 e. The number of phenolic OH excluding ortho intramolecular Hbond substituents is 2. The Morgan fingerprint density at radius 1 is 0.673 bits per heavy atom. The first-order chi connectivity index (χ1) is 23.6. The number of hydrogen-bond acceptors (Lipinski definition) is 10. The van der Waals surface area contributed by atoms with Crippen LogP contribution in [0.3, 0.4) is 0 Å². The second-order valence-corrected chi connectivity index (χ2v) is 12.5. The summed E-state index contributed by atoms with van der Waals surface area (Å²) in [5.41, 5.74) is 3.65. The van der Waals surface area contributed by atoms with Gasteiger partial charge in [0.05, 0.1) is 56.0 Å². The smallest absolute Gasteiger partial charge is 0.160 e. The zero-order valence-corrected chi connectivity index (χ0v) is 29.0. The Labute approximate surface area is 299 Å². The number of rotatable bonds is 12. The Hall–Kier alpha value is -3.92. The minimum atomic E-state index is -0.480. The van der Waals surface area contributed by atoms with Gasteiger partial charge < -0.3 is 15.5 Å². The minimum Gasteiger partial charge on any atom is -0.504 e. The van der Waals surface area contributed by atoms with Crippen LogP contribution in [0.4, 0.5) is 8.78 Å². The van der Waals surface area contributed by atoms with E-state index >= 15 is 0 Å². The van der Waals surface area contributed by atoms with Crippen LogP contribution in [0, 0.1) is 0 Å². The third-order valence-electron chi connectivity index (χ3n) is 7.10. The molecule has 6 aromatic rings. The van der Waals surface area contributed by atoms with Gasteiger partial charge in [-0.2, -0.15) is 0 Å². The van der Waals surface area contributed by atoms with Crippen molar-refractivity contribution in [3.05, 3.63) is 91.7 Å². The van der Waals surface area contributed by atoms with Crippen molar-refractivity contribution in [1.82, 2.24) is 50.2 Å². The number of phenols is 2. The summed E-state index contributed by atoms with van der Waals surface area (Å²) in [5, 5.41) is 41.4. The number of fused-ring (bicyclic) bond motifs is 2. The molecule has 0 saturated carbocycles. The monoisotopic (exact) mass is 751 g/mol. The molecule has 0 aliphatic carbocycles. The van der Waals surface area contributed by atoms with Gasteiger partial charge in [0.1, 0.15) is 24.4 Å². The number of hydrogen-bond donors (Lipinski definition) is 3. The van der Waals surface area contributed by atoms with Gasteiger partial charge in [0.2, 0.25) is 0 Å². The molecule has 6 rings (SSSR count). The number of halogens is 6. The topological polar surface area (TPSA) is 143 Å². The zero-order valence-electron chi connectivity index (χ0n) is 26.0. The van der Waals surface area contributed by atoms with Crippen LogP contribution in [0.25, 0.3) is 21.8 Å². The summed E-state index contributed by atoms with van der Waals surface area (Å²) in [5.74, 6) is -0.174. The Bertz CT molecular complexity index is 2060. The van der Waals surface area contributed by atoms with E-state index in [1.807, 2.05) is 24.1 Å². The van der Waals surface area contributed by atoms with Crippen LogP contribution in [-0.2, 0) is 39.3 Å². The normalized spacial score (nSPS) is 11.4. The number of pyridine rings is 2. The van der Waals surface area contributed by atoms with Crippen LogP contribution >= 0.6 is 46.4 Å². The molecular weight excluding hydrogens is 723 g/mol. The first kappa shape index (κ1) is 36.4. The van der Waals surface area contributed by atoms with Crippen LogP contribution in [-0.4, -0.2) is 75.5 Å². The Kier molecular flexibility index (Phi) is 12.4. The summed E-state index contributed by atoms with van der Waals surface area (Å²) in [7, 11) is 1.91. The average Bonchev–Trinajstić information content (AvgIpc) is 3.72. The van der Waals surface area contributed by atoms with Crippen molar-refractivity contribution in [3.8, 4) is 11.5 Å². The lowest BCUT2D eigenvalue weighted by Gasteiger charge is -2.15. The Morgan fingerprint density at radius 2 is 1.14 bits per heavy atom. The maximum Gasteiger partial charge on any atom is 0.160 e. The van der Waals surface area contributed by atoms with Crippen molar-refractivity contribution in [1.29, 1.82) is 0 Å². The molecule has 0 radical (unpaired) electrons. The van der Waals surface area contributed by atoms with Crippen molar-refractivity contribution < 1.29 is 19.0 Å². The molecule has 0 saturated heterocycles. The summed E-state index contributed by atoms with van der Waals surface area (Å²) in [4.78, 5) is 10.8. The summed E-state index contributed by atoms with van der Waals surface area (Å²) in [6.07, 6.45) is 3.40. The van der Waals surface area contributed by atoms with Gasteiger partial charge in [0.25, 0.3) is 0 Å². The third kappa shape index (κ3) is 9.21. The fraction of sp³-hybridized carbons (Fsp3) is 0.290. The van der Waals surface area contributed by atoms with Crippen molar-refractivity contribution in [2.45, 2.75) is 39.3 Å². The molecule has 0 amide bonds. The molecule has 0 aliphatic heterocycles. The highest BCUT2D eigenvalue weighted by molar-refractivity contribution is 6.40. The minimum absolute atomic E-state index is 0.0836. The lowest BCUT2D eigenvalue weighted by Crippen LogP contribution is -2.18. The van der Waals surface area contributed by atoms with E-state index in [4.69, 9.17) is 46.4 Å². The molecule has 18 heteroatoms. The maximum absolute atomic E-state index is 12.3. The van der Waals surface area contributed by atoms with E-state index in [0.717, 1.165) is 11.4 Å². The highest BCUT2D eigenvalue weighted by Crippen LogP contribution is 2.37. The zero-order chi connectivity index (χ0) is 35.1. The molecule has 4 heterocycles. The number of benzene rings is 2. The molecule has 258 valence electrons. The van der Waals surface area contributed by atoms with Gasteiger partial charge in [0.15, 0.2) is 11.5 Å². The van der Waals surface area contributed by atoms with Gasteiger partial charge in [-0.3, -0.25) is 4.90 Å². The third-order valence-corrected chi connectivity index (χ3v) is 8.31. The first-order valence-electron chi connectivity index (χ1n) is 14.8. The van der Waals surface area contributed by atoms with Crippen molar-refractivity contribution >= 4 is 68.2 Å². The molecule has 12 nitrogen and oxygen atoms in total. The van der Waals surface area contributed by atoms with E-state index in [1.165, 1.54) is 21.5 Å². The summed E-state index contributed by atoms with van der Waals surface area (Å²) in [6, 6.07) is 10.2. The molecule has 0 aliphatic rings. The van der Waals surface area contributed by atoms with E-state index in [1.54, 1.807) is 24.5 Å². The number of nitrogens with one attached hydrogen (secondary N) is 1. The van der Waals surface area contributed by atoms with Gasteiger partial charge in [-0.15, -0.1) is 10.2 Å². The van der Waals surface area contributed by atoms with Gasteiger partial charge in [-0.25, -0.2) is 28.1 Å². The first-order valence-corrected chi connectivity index (χ1v) is 16.3. The molecule has 4 aromatic heterocycles. The molecule has 49 heavy (non-hydrogen) atoms. The highest BCUT2D eigenvalue weighted by atomic mass is 35.5. The molecule has 2 aromatic carbocycles. The van der Waals surface area contributed by atoms with Gasteiger partial charge in [-0.1, -0.05) is 56.8 Å². The van der Waals surface area contributed by atoms with Gasteiger partial charge >= 0.3 is 0 Å². The summed E-state index contributed by atoms with van der Waals surface area (Å²) in [6.45, 7) is 1.41. The van der Waals surface area contributed by atoms with E-state index in [0.29, 0.717) is 69.4 Å². The molecule has 0 unspecified atom stereocenters. The molecule has 0 spiro atoms. The van der Waals surface area contributed by atoms with E-state index < -0.39 is 13.3 Å². The quantitative estimate of drug-likeness (QED) is 0.126. The van der Waals surface area contributed by atoms with Gasteiger partial charge in [-0.05, 0) is 43.4 Å². The van der Waals surface area contributed by atoms with Crippen LogP contribution in [0.15, 0.2) is 48.8 Å². The average molecular weight is 753 g/mol. The molecule has 0 bridgehead atoms. The van der Waals surface area contributed by atoms with Crippen LogP contribution in [0.2, 0.25) is 20.1 Å². The van der Waals surface area contributed by atoms with Gasteiger partial charge in [0, 0.05) is 49.3 Å². The van der Waals surface area contributed by atoms with E-state index in [-0.39, 0.29) is 34.6 Å². The van der Waals surface area contributed by atoms with Crippen LogP contribution in [0.5, 0.6) is 11.5 Å². The van der Waals surface area contributed by atoms with E-state index in [2.05, 4.69) is 35.9 Å². The number of alkyl halides is 2. The van der Waals surface area contributed by atoms with Crippen molar-refractivity contribution in [2.24, 2.45) is 0 Å². The summed E-state index contributed by atoms with van der Waals surface area (Å²) < 4.78 is 27.5. The second kappa shape index (κ2) is 16.7. The summed E-state index contributed by atoms with van der Waals surface area (Å²) >= 11 is 24.1. The fourth-order valence-electron chi connectivity index (χ4n) is 4.82. The number of aromatic nitrogens is 8. The molecule has 3 N–H and O–H groups in total. The Morgan fingerprint density at radius 3 is 1.71 bits per heavy atom. The van der Waals surface area contributed by atoms with Crippen LogP contribution < -0.4 is 5.32 Å². The molecular formula is C31H30Cl4F2N10O2. The highest BCUT2D eigenvalue weighted by Gasteiger charge is 2.14. The number of aryl methyl sites for hydroxylation is 2. The predicted molar refractivity (Wildman–Crippen MR) is 185 cm³/mol. The standard InChI is InChI=1S/C16H16Cl2FN5O.C15H14Cl2FN5O/c1-23(8-11-9-24(5-4-19)22-21-11)7-10-2-3-12-13(17)6-14(18)16(25)15(12)20-10;16-12-5-13(17)15(24)14-11(12)2-1-9(20-14)6-19-7-10-8-23(4-3-18)22-21-10/h2-3,6,9,25H,4-5,7-8H2,1H3;1-2,5,8,19,24H,3-4,6-7H2/i1-1;. The second-order valence-electron chi connectivity index (χ2n) is 10.9. The maximum atomic E-state index is 12.3. The van der Waals surface area contributed by atoms with Crippen LogP contribution in [0.1, 0.15) is 22.8 Å². The molecule has 0 atom stereocenters. The predicted octanol–water partition coefficient (Wildman–Crippen LogP) is 6.54. The number of nitrogens with zero attached hydrogens (tertiary/aromatic N) is 9. The SMILES string of the molecule is Oc1c(Cl)cc(Cl)c2ccc(CNCc3cn(CCF)nn3)nc12.[11CH3]N(Cc1cn(CCF)nn1)Cc1ccc2c(Cl)cc(Cl)c(O)c2n1. The fourth-order valence-corrected chi connectivity index (χ4v) is 5.86. The lowest BCUT2D eigenvalue weighted by atomic mass is 10.1. The molecule has 0 fully saturated rings. The lowest BCUT2D eigenvalue weighted by molar-refractivity contribution is 0.311. The Balaban J connectivity index is 0.000000191. The number of aromatic hydroxyl groups is 2.